The summed E-state index contributed by atoms with van der Waals surface area (Å²) in [7, 11) is -3.47. The van der Waals surface area contributed by atoms with E-state index >= 15 is 0 Å². The lowest BCUT2D eigenvalue weighted by Gasteiger charge is -2.35. The van der Waals surface area contributed by atoms with Crippen molar-refractivity contribution in [1.29, 1.82) is 0 Å². The molecule has 1 fully saturated rings. The van der Waals surface area contributed by atoms with Crippen LogP contribution in [0.2, 0.25) is 0 Å². The molecular formula is C13H19NO4S2. The minimum atomic E-state index is -3.47. The molecule has 0 aliphatic carbocycles. The molecule has 7 heteroatoms. The van der Waals surface area contributed by atoms with Crippen LogP contribution in [0.15, 0.2) is 16.3 Å². The Morgan fingerprint density at radius 1 is 1.40 bits per heavy atom. The minimum absolute atomic E-state index is 0.268. The van der Waals surface area contributed by atoms with Gasteiger partial charge >= 0.3 is 5.97 Å². The lowest BCUT2D eigenvalue weighted by molar-refractivity contribution is -0.150. The lowest BCUT2D eigenvalue weighted by atomic mass is 9.81. The largest absolute Gasteiger partial charge is 0.481 e. The van der Waals surface area contributed by atoms with Gasteiger partial charge in [0.1, 0.15) is 4.21 Å². The number of thiophene rings is 1. The van der Waals surface area contributed by atoms with Gasteiger partial charge in [-0.25, -0.2) is 8.42 Å². The number of sulfonamides is 1. The zero-order valence-electron chi connectivity index (χ0n) is 11.6. The predicted molar refractivity (Wildman–Crippen MR) is 77.4 cm³/mol. The SMILES string of the molecule is CCc1ccc(S(=O)(=O)N2CCC(C)(C(=O)O)CC2)s1. The highest BCUT2D eigenvalue weighted by atomic mass is 32.2. The van der Waals surface area contributed by atoms with Crippen LogP contribution in [0, 0.1) is 5.41 Å². The molecule has 2 heterocycles. The van der Waals surface area contributed by atoms with E-state index < -0.39 is 21.4 Å². The van der Waals surface area contributed by atoms with Crippen molar-refractivity contribution in [2.24, 2.45) is 5.41 Å². The van der Waals surface area contributed by atoms with E-state index in [2.05, 4.69) is 0 Å². The summed E-state index contributed by atoms with van der Waals surface area (Å²) in [6.07, 6.45) is 1.53. The van der Waals surface area contributed by atoms with Crippen LogP contribution in [0.25, 0.3) is 0 Å². The van der Waals surface area contributed by atoms with Crippen LogP contribution in [0.3, 0.4) is 0 Å². The zero-order chi connectivity index (χ0) is 15.0. The lowest BCUT2D eigenvalue weighted by Crippen LogP contribution is -2.44. The van der Waals surface area contributed by atoms with E-state index in [0.717, 1.165) is 11.3 Å². The second-order valence-electron chi connectivity index (χ2n) is 5.34. The number of carboxylic acid groups (broad SMARTS) is 1. The van der Waals surface area contributed by atoms with Crippen LogP contribution >= 0.6 is 11.3 Å². The van der Waals surface area contributed by atoms with Gasteiger partial charge in [0.2, 0.25) is 0 Å². The molecule has 0 aromatic carbocycles. The average Bonchev–Trinajstić information content (AvgIpc) is 2.88. The van der Waals surface area contributed by atoms with Crippen LogP contribution in [0.4, 0.5) is 0 Å². The van der Waals surface area contributed by atoms with E-state index in [1.807, 2.05) is 13.0 Å². The first kappa shape index (κ1) is 15.5. The molecule has 0 spiro atoms. The summed E-state index contributed by atoms with van der Waals surface area (Å²) in [4.78, 5) is 12.2. The molecule has 2 rings (SSSR count). The number of piperidine rings is 1. The van der Waals surface area contributed by atoms with Crippen LogP contribution in [-0.2, 0) is 21.2 Å². The number of rotatable bonds is 4. The topological polar surface area (TPSA) is 74.7 Å². The molecule has 112 valence electrons. The monoisotopic (exact) mass is 317 g/mol. The van der Waals surface area contributed by atoms with Gasteiger partial charge < -0.3 is 5.11 Å². The summed E-state index contributed by atoms with van der Waals surface area (Å²) < 4.78 is 26.7. The highest BCUT2D eigenvalue weighted by Crippen LogP contribution is 2.34. The van der Waals surface area contributed by atoms with Crippen molar-refractivity contribution in [3.8, 4) is 0 Å². The van der Waals surface area contributed by atoms with Gasteiger partial charge in [0.25, 0.3) is 10.0 Å². The summed E-state index contributed by atoms with van der Waals surface area (Å²) in [5.41, 5.74) is -0.809. The Morgan fingerprint density at radius 3 is 2.45 bits per heavy atom. The highest BCUT2D eigenvalue weighted by Gasteiger charge is 2.40. The smallest absolute Gasteiger partial charge is 0.309 e. The van der Waals surface area contributed by atoms with Crippen molar-refractivity contribution in [2.75, 3.05) is 13.1 Å². The number of carbonyl (C=O) groups is 1. The van der Waals surface area contributed by atoms with Gasteiger partial charge in [-0.1, -0.05) is 6.92 Å². The third-order valence-corrected chi connectivity index (χ3v) is 7.52. The van der Waals surface area contributed by atoms with Gasteiger partial charge in [-0.05, 0) is 38.3 Å². The molecule has 0 unspecified atom stereocenters. The molecule has 0 amide bonds. The zero-order valence-corrected chi connectivity index (χ0v) is 13.3. The maximum atomic E-state index is 12.5. The first-order chi connectivity index (χ1) is 9.29. The highest BCUT2D eigenvalue weighted by molar-refractivity contribution is 7.91. The molecule has 0 bridgehead atoms. The van der Waals surface area contributed by atoms with Crippen molar-refractivity contribution in [1.82, 2.24) is 4.31 Å². The second kappa shape index (κ2) is 5.46. The molecule has 1 aliphatic heterocycles. The Morgan fingerprint density at radius 2 is 2.00 bits per heavy atom. The fourth-order valence-electron chi connectivity index (χ4n) is 2.25. The van der Waals surface area contributed by atoms with Crippen molar-refractivity contribution >= 4 is 27.3 Å². The molecule has 20 heavy (non-hydrogen) atoms. The van der Waals surface area contributed by atoms with Crippen molar-refractivity contribution in [2.45, 2.75) is 37.3 Å². The Balaban J connectivity index is 2.15. The third kappa shape index (κ3) is 2.75. The Bertz CT molecular complexity index is 598. The first-order valence-electron chi connectivity index (χ1n) is 6.62. The van der Waals surface area contributed by atoms with Crippen LogP contribution in [0.1, 0.15) is 31.6 Å². The van der Waals surface area contributed by atoms with Gasteiger partial charge in [-0.2, -0.15) is 4.31 Å². The number of carboxylic acids is 1. The second-order valence-corrected chi connectivity index (χ2v) is 8.68. The molecule has 5 nitrogen and oxygen atoms in total. The number of hydrogen-bond donors (Lipinski definition) is 1. The summed E-state index contributed by atoms with van der Waals surface area (Å²) in [6, 6.07) is 3.48. The standard InChI is InChI=1S/C13H19NO4S2/c1-3-10-4-5-11(19-10)20(17,18)14-8-6-13(2,7-9-14)12(15)16/h4-5H,3,6-9H2,1-2H3,(H,15,16). The Kier molecular flexibility index (Phi) is 4.22. The number of aryl methyl sites for hydroxylation is 1. The minimum Gasteiger partial charge on any atom is -0.481 e. The van der Waals surface area contributed by atoms with Crippen molar-refractivity contribution < 1.29 is 18.3 Å². The summed E-state index contributed by atoms with van der Waals surface area (Å²) >= 11 is 1.29. The van der Waals surface area contributed by atoms with Crippen molar-refractivity contribution in [3.05, 3.63) is 17.0 Å². The average molecular weight is 317 g/mol. The van der Waals surface area contributed by atoms with Crippen molar-refractivity contribution in [3.63, 3.8) is 0 Å². The van der Waals surface area contributed by atoms with E-state index in [-0.39, 0.29) is 13.1 Å². The van der Waals surface area contributed by atoms with Crippen LogP contribution in [-0.4, -0.2) is 36.9 Å². The van der Waals surface area contributed by atoms with E-state index in [0.29, 0.717) is 17.1 Å². The molecular weight excluding hydrogens is 298 g/mol. The molecule has 1 aromatic heterocycles. The Labute approximate surface area is 123 Å². The van der Waals surface area contributed by atoms with Gasteiger partial charge in [0.05, 0.1) is 5.41 Å². The fourth-order valence-corrected chi connectivity index (χ4v) is 5.14. The molecule has 0 atom stereocenters. The van der Waals surface area contributed by atoms with Gasteiger partial charge in [-0.3, -0.25) is 4.79 Å². The van der Waals surface area contributed by atoms with E-state index in [1.54, 1.807) is 13.0 Å². The number of nitrogens with zero attached hydrogens (tertiary/aromatic N) is 1. The van der Waals surface area contributed by atoms with Gasteiger partial charge in [0.15, 0.2) is 0 Å². The fraction of sp³-hybridized carbons (Fsp3) is 0.615. The van der Waals surface area contributed by atoms with Gasteiger partial charge in [-0.15, -0.1) is 11.3 Å². The molecule has 0 radical (unpaired) electrons. The quantitative estimate of drug-likeness (QED) is 0.923. The van der Waals surface area contributed by atoms with Crippen LogP contribution < -0.4 is 0 Å². The van der Waals surface area contributed by atoms with E-state index in [1.165, 1.54) is 15.6 Å². The normalized spacial score (nSPS) is 19.9. The number of hydrogen-bond acceptors (Lipinski definition) is 4. The predicted octanol–water partition coefficient (Wildman–Crippen LogP) is 2.19. The molecule has 1 aliphatic rings. The van der Waals surface area contributed by atoms with E-state index in [9.17, 15) is 18.3 Å². The maximum Gasteiger partial charge on any atom is 0.309 e. The summed E-state index contributed by atoms with van der Waals surface area (Å²) in [6.45, 7) is 4.20. The first-order valence-corrected chi connectivity index (χ1v) is 8.87. The molecule has 1 saturated heterocycles. The van der Waals surface area contributed by atoms with Gasteiger partial charge in [0, 0.05) is 18.0 Å². The molecule has 0 saturated carbocycles. The van der Waals surface area contributed by atoms with E-state index in [4.69, 9.17) is 0 Å². The molecule has 1 N–H and O–H groups in total. The maximum absolute atomic E-state index is 12.5. The Hall–Kier alpha value is -0.920. The van der Waals surface area contributed by atoms with Crippen LogP contribution in [0.5, 0.6) is 0 Å². The third-order valence-electron chi connectivity index (χ3n) is 3.92. The number of aliphatic carboxylic acids is 1. The summed E-state index contributed by atoms with van der Waals surface area (Å²) in [5.74, 6) is -0.848. The summed E-state index contributed by atoms with van der Waals surface area (Å²) in [5, 5.41) is 9.17. The molecule has 1 aromatic rings.